The average molecular weight is 844 g/mol. The van der Waals surface area contributed by atoms with Gasteiger partial charge in [-0.2, -0.15) is 0 Å². The Bertz CT molecular complexity index is 873. The van der Waals surface area contributed by atoms with E-state index in [1.165, 1.54) is 244 Å². The van der Waals surface area contributed by atoms with Gasteiger partial charge < -0.3 is 0 Å². The van der Waals surface area contributed by atoms with Gasteiger partial charge in [0.15, 0.2) is 0 Å². The van der Waals surface area contributed by atoms with Crippen LogP contribution in [-0.4, -0.2) is 0 Å². The van der Waals surface area contributed by atoms with E-state index >= 15 is 0 Å². The molecule has 0 aliphatic rings. The molecule has 7 atom stereocenters. The van der Waals surface area contributed by atoms with E-state index in [0.29, 0.717) is 16.2 Å². The van der Waals surface area contributed by atoms with Crippen molar-refractivity contribution in [1.82, 2.24) is 0 Å². The first-order valence-electron chi connectivity index (χ1n) is 29.3. The van der Waals surface area contributed by atoms with E-state index < -0.39 is 0 Å². The van der Waals surface area contributed by atoms with Gasteiger partial charge in [-0.1, -0.05) is 295 Å². The molecule has 0 heteroatoms. The van der Waals surface area contributed by atoms with Crippen LogP contribution in [0, 0.1) is 39.9 Å². The summed E-state index contributed by atoms with van der Waals surface area (Å²) in [7, 11) is 0. The normalized spacial score (nSPS) is 17.2. The fourth-order valence-corrected chi connectivity index (χ4v) is 14.3. The van der Waals surface area contributed by atoms with Crippen LogP contribution in [0.4, 0.5) is 0 Å². The maximum absolute atomic E-state index is 2.68. The van der Waals surface area contributed by atoms with E-state index in [1.54, 1.807) is 19.3 Å². The van der Waals surface area contributed by atoms with Crippen LogP contribution < -0.4 is 0 Å². The van der Waals surface area contributed by atoms with Crippen molar-refractivity contribution in [1.29, 1.82) is 0 Å². The zero-order valence-electron chi connectivity index (χ0n) is 44.8. The van der Waals surface area contributed by atoms with E-state index in [2.05, 4.69) is 83.1 Å². The van der Waals surface area contributed by atoms with Gasteiger partial charge in [0, 0.05) is 0 Å². The van der Waals surface area contributed by atoms with Gasteiger partial charge in [-0.3, -0.25) is 0 Å². The first-order chi connectivity index (χ1) is 29.3. The minimum atomic E-state index is 0.410. The van der Waals surface area contributed by atoms with Crippen molar-refractivity contribution in [2.45, 2.75) is 346 Å². The Balaban J connectivity index is 8.89. The lowest BCUT2D eigenvalue weighted by atomic mass is 9.36. The number of hydrogen-bond donors (Lipinski definition) is 0. The second kappa shape index (κ2) is 39.4. The lowest BCUT2D eigenvalue weighted by Gasteiger charge is -2.68. The zero-order valence-corrected chi connectivity index (χ0v) is 44.8. The molecule has 0 radical (unpaired) electrons. The predicted octanol–water partition coefficient (Wildman–Crippen LogP) is 22.6. The van der Waals surface area contributed by atoms with Crippen LogP contribution in [0.1, 0.15) is 346 Å². The topological polar surface area (TPSA) is 0 Å². The molecule has 0 fully saturated rings. The molecule has 0 N–H and O–H groups in total. The van der Waals surface area contributed by atoms with E-state index in [0.717, 1.165) is 23.7 Å². The van der Waals surface area contributed by atoms with Gasteiger partial charge in [0.25, 0.3) is 0 Å². The molecule has 0 aromatic heterocycles. The summed E-state index contributed by atoms with van der Waals surface area (Å²) in [6.45, 7) is 30.4. The van der Waals surface area contributed by atoms with E-state index in [-0.39, 0.29) is 0 Å². The molecule has 0 aliphatic carbocycles. The van der Waals surface area contributed by atoms with Crippen molar-refractivity contribution in [3.05, 3.63) is 0 Å². The molecule has 0 nitrogen and oxygen atoms in total. The summed E-state index contributed by atoms with van der Waals surface area (Å²) in [6, 6.07) is 0. The standard InChI is InChI=1S/C60H122/c1-13-25-30-33-37-46-57(43-21-9)59(51-39-35-32-27-15-3,52-47-54(40-18-6)44-29-17-5)60(49-23-11,53-55(41-19-7)45-36-28-16-4)58(48-22-10,56(24-12)42-20-8)50-38-34-31-26-14-2/h54-57H,13-53H2,1-12H3. The molecule has 362 valence electrons. The highest BCUT2D eigenvalue weighted by atomic mass is 14.7. The molecule has 7 unspecified atom stereocenters. The van der Waals surface area contributed by atoms with Crippen LogP contribution in [0.25, 0.3) is 0 Å². The Kier molecular flexibility index (Phi) is 39.4. The third kappa shape index (κ3) is 20.9. The molecule has 0 saturated carbocycles. The highest BCUT2D eigenvalue weighted by Gasteiger charge is 2.64. The molecule has 0 spiro atoms. The molecule has 0 rings (SSSR count). The first-order valence-corrected chi connectivity index (χ1v) is 29.3. The van der Waals surface area contributed by atoms with Crippen molar-refractivity contribution in [3.8, 4) is 0 Å². The lowest BCUT2D eigenvalue weighted by molar-refractivity contribution is -0.192. The van der Waals surface area contributed by atoms with Crippen LogP contribution in [0.2, 0.25) is 0 Å². The van der Waals surface area contributed by atoms with Crippen molar-refractivity contribution < 1.29 is 0 Å². The SMILES string of the molecule is CCCCCCCC(CCC)C(CCCCCCC)(CCC(CCC)CCCC)C(CCC)(CC(CCC)CCCCC)C(CCC)(CCCCCCC)C(CC)CCC. The van der Waals surface area contributed by atoms with E-state index in [1.807, 2.05) is 0 Å². The smallest absolute Gasteiger partial charge is 0.0177 e. The predicted molar refractivity (Wildman–Crippen MR) is 279 cm³/mol. The second-order valence-electron chi connectivity index (χ2n) is 21.5. The maximum Gasteiger partial charge on any atom is -0.0177 e. The van der Waals surface area contributed by atoms with Gasteiger partial charge in [0.2, 0.25) is 0 Å². The second-order valence-corrected chi connectivity index (χ2v) is 21.5. The Labute approximate surface area is 384 Å². The fourth-order valence-electron chi connectivity index (χ4n) is 14.3. The van der Waals surface area contributed by atoms with Crippen molar-refractivity contribution in [3.63, 3.8) is 0 Å². The summed E-state index contributed by atoms with van der Waals surface area (Å²) in [6.07, 6.45) is 59.4. The summed E-state index contributed by atoms with van der Waals surface area (Å²) in [4.78, 5) is 0. The third-order valence-corrected chi connectivity index (χ3v) is 16.9. The Morgan fingerprint density at radius 2 is 0.667 bits per heavy atom. The summed E-state index contributed by atoms with van der Waals surface area (Å²) in [5.74, 6) is 3.55. The maximum atomic E-state index is 2.68. The van der Waals surface area contributed by atoms with Crippen LogP contribution >= 0.6 is 0 Å². The van der Waals surface area contributed by atoms with Gasteiger partial charge in [-0.25, -0.2) is 0 Å². The molecule has 0 amide bonds. The van der Waals surface area contributed by atoms with Crippen molar-refractivity contribution in [2.24, 2.45) is 39.9 Å². The van der Waals surface area contributed by atoms with Crippen molar-refractivity contribution >= 4 is 0 Å². The molecule has 0 heterocycles. The monoisotopic (exact) mass is 843 g/mol. The number of rotatable bonds is 47. The summed E-state index contributed by atoms with van der Waals surface area (Å²) >= 11 is 0. The molecule has 0 saturated heterocycles. The molecular formula is C60H122. The van der Waals surface area contributed by atoms with Gasteiger partial charge in [0.1, 0.15) is 0 Å². The largest absolute Gasteiger partial charge is 0.0654 e. The third-order valence-electron chi connectivity index (χ3n) is 16.9. The molecule has 0 aromatic rings. The fraction of sp³-hybridized carbons (Fsp3) is 1.00. The quantitative estimate of drug-likeness (QED) is 0.0536. The Morgan fingerprint density at radius 1 is 0.250 bits per heavy atom. The molecular weight excluding hydrogens is 721 g/mol. The average Bonchev–Trinajstić information content (AvgIpc) is 3.24. The summed E-state index contributed by atoms with van der Waals surface area (Å²) in [5, 5.41) is 0. The van der Waals surface area contributed by atoms with Crippen molar-refractivity contribution in [2.75, 3.05) is 0 Å². The number of hydrogen-bond acceptors (Lipinski definition) is 0. The highest BCUT2D eigenvalue weighted by molar-refractivity contribution is 5.13. The first kappa shape index (κ1) is 60.0. The Hall–Kier alpha value is 0. The minimum absolute atomic E-state index is 0.410. The van der Waals surface area contributed by atoms with E-state index in [9.17, 15) is 0 Å². The van der Waals surface area contributed by atoms with E-state index in [4.69, 9.17) is 0 Å². The molecule has 0 aromatic carbocycles. The van der Waals surface area contributed by atoms with Gasteiger partial charge in [0.05, 0.1) is 0 Å². The van der Waals surface area contributed by atoms with Crippen LogP contribution in [0.15, 0.2) is 0 Å². The van der Waals surface area contributed by atoms with Crippen LogP contribution in [-0.2, 0) is 0 Å². The van der Waals surface area contributed by atoms with Gasteiger partial charge in [-0.05, 0) is 91.3 Å². The van der Waals surface area contributed by atoms with Crippen LogP contribution in [0.3, 0.4) is 0 Å². The van der Waals surface area contributed by atoms with Crippen LogP contribution in [0.5, 0.6) is 0 Å². The zero-order chi connectivity index (χ0) is 44.8. The molecule has 60 heavy (non-hydrogen) atoms. The molecule has 0 bridgehead atoms. The minimum Gasteiger partial charge on any atom is -0.0654 e. The summed E-state index contributed by atoms with van der Waals surface area (Å²) < 4.78 is 0. The van der Waals surface area contributed by atoms with Gasteiger partial charge in [-0.15, -0.1) is 0 Å². The van der Waals surface area contributed by atoms with Gasteiger partial charge >= 0.3 is 0 Å². The highest BCUT2D eigenvalue weighted by Crippen LogP contribution is 2.72. The number of unbranched alkanes of at least 4 members (excludes halogenated alkanes) is 15. The lowest BCUT2D eigenvalue weighted by Crippen LogP contribution is -2.60. The molecule has 0 aliphatic heterocycles. The summed E-state index contributed by atoms with van der Waals surface area (Å²) in [5.41, 5.74) is 1.28. The Morgan fingerprint density at radius 3 is 1.15 bits per heavy atom.